The number of alkyl halides is 2. The molecule has 26 heavy (non-hydrogen) atoms. The molecular weight excluding hydrogens is 352 g/mol. The van der Waals surface area contributed by atoms with E-state index in [-0.39, 0.29) is 18.2 Å². The highest BCUT2D eigenvalue weighted by Crippen LogP contribution is 2.30. The largest absolute Gasteiger partial charge is 0.470 e. The first-order valence-corrected chi connectivity index (χ1v) is 7.12. The summed E-state index contributed by atoms with van der Waals surface area (Å²) >= 11 is 0. The minimum atomic E-state index is -2.95. The van der Waals surface area contributed by atoms with E-state index in [0.29, 0.717) is 23.4 Å². The van der Waals surface area contributed by atoms with Crippen molar-refractivity contribution in [2.45, 2.75) is 20.1 Å². The van der Waals surface area contributed by atoms with Gasteiger partial charge in [-0.15, -0.1) is 10.2 Å². The normalized spacial score (nSPS) is 9.81. The average molecular weight is 371 g/mol. The lowest BCUT2D eigenvalue weighted by atomic mass is 10.1. The number of aryl methyl sites for hydroxylation is 1. The Hall–Kier alpha value is -3.12. The van der Waals surface area contributed by atoms with Crippen LogP contribution in [0.1, 0.15) is 11.3 Å². The van der Waals surface area contributed by atoms with E-state index in [1.54, 1.807) is 31.5 Å². The molecule has 1 heterocycles. The SMILES string of the molecule is Cc1ncnnc1OCc1c(OC(F)F)cccc1N(C)N.NNC=O. The van der Waals surface area contributed by atoms with E-state index in [9.17, 15) is 8.78 Å². The van der Waals surface area contributed by atoms with Crippen molar-refractivity contribution in [2.24, 2.45) is 11.7 Å². The lowest BCUT2D eigenvalue weighted by Crippen LogP contribution is -2.27. The van der Waals surface area contributed by atoms with Crippen molar-refractivity contribution in [2.75, 3.05) is 12.1 Å². The molecule has 0 radical (unpaired) electrons. The molecule has 0 aliphatic rings. The monoisotopic (exact) mass is 371 g/mol. The van der Waals surface area contributed by atoms with E-state index in [2.05, 4.69) is 25.8 Å². The zero-order valence-electron chi connectivity index (χ0n) is 14.1. The van der Waals surface area contributed by atoms with Crippen LogP contribution in [0.25, 0.3) is 0 Å². The van der Waals surface area contributed by atoms with Crippen LogP contribution in [0.5, 0.6) is 11.6 Å². The number of nitrogens with one attached hydrogen (secondary N) is 1. The number of rotatable bonds is 7. The van der Waals surface area contributed by atoms with Crippen LogP contribution in [0.3, 0.4) is 0 Å². The van der Waals surface area contributed by atoms with E-state index in [0.717, 1.165) is 0 Å². The molecule has 0 aliphatic carbocycles. The predicted octanol–water partition coefficient (Wildman–Crippen LogP) is 0.276. The highest BCUT2D eigenvalue weighted by Gasteiger charge is 2.16. The second-order valence-corrected chi connectivity index (χ2v) is 4.67. The van der Waals surface area contributed by atoms with Gasteiger partial charge in [0.25, 0.3) is 5.88 Å². The molecule has 0 atom stereocenters. The summed E-state index contributed by atoms with van der Waals surface area (Å²) in [5, 5.41) is 8.69. The summed E-state index contributed by atoms with van der Waals surface area (Å²) in [7, 11) is 1.58. The first kappa shape index (κ1) is 20.9. The van der Waals surface area contributed by atoms with Crippen LogP contribution in [0.4, 0.5) is 14.5 Å². The summed E-state index contributed by atoms with van der Waals surface area (Å²) in [6.45, 7) is -1.32. The number of carbonyl (C=O) groups is 1. The van der Waals surface area contributed by atoms with Gasteiger partial charge in [0, 0.05) is 7.05 Å². The number of aromatic nitrogens is 3. The van der Waals surface area contributed by atoms with Crippen molar-refractivity contribution >= 4 is 12.1 Å². The third kappa shape index (κ3) is 6.41. The van der Waals surface area contributed by atoms with E-state index in [4.69, 9.17) is 15.4 Å². The van der Waals surface area contributed by atoms with Gasteiger partial charge in [-0.25, -0.2) is 16.7 Å². The molecule has 1 aromatic carbocycles. The molecule has 10 nitrogen and oxygen atoms in total. The molecule has 12 heteroatoms. The third-order valence-corrected chi connectivity index (χ3v) is 2.89. The molecule has 1 aromatic heterocycles. The van der Waals surface area contributed by atoms with Crippen molar-refractivity contribution in [3.8, 4) is 11.6 Å². The van der Waals surface area contributed by atoms with Crippen molar-refractivity contribution in [1.29, 1.82) is 0 Å². The summed E-state index contributed by atoms with van der Waals surface area (Å²) in [5.41, 5.74) is 3.15. The van der Waals surface area contributed by atoms with Gasteiger partial charge in [-0.2, -0.15) is 8.78 Å². The fourth-order valence-electron chi connectivity index (χ4n) is 1.83. The number of anilines is 1. The number of nitrogens with zero attached hydrogens (tertiary/aromatic N) is 4. The molecule has 0 unspecified atom stereocenters. The maximum atomic E-state index is 12.5. The molecule has 0 fully saturated rings. The zero-order chi connectivity index (χ0) is 19.5. The molecule has 5 N–H and O–H groups in total. The van der Waals surface area contributed by atoms with Crippen molar-refractivity contribution in [3.05, 3.63) is 35.8 Å². The smallest absolute Gasteiger partial charge is 0.387 e. The Labute approximate surface area is 148 Å². The van der Waals surface area contributed by atoms with Crippen LogP contribution in [0.15, 0.2) is 24.5 Å². The predicted molar refractivity (Wildman–Crippen MR) is 87.9 cm³/mol. The van der Waals surface area contributed by atoms with Crippen LogP contribution in [-0.4, -0.2) is 35.3 Å². The minimum absolute atomic E-state index is 0.0145. The van der Waals surface area contributed by atoms with Gasteiger partial charge in [-0.05, 0) is 19.1 Å². The van der Waals surface area contributed by atoms with Crippen molar-refractivity contribution < 1.29 is 23.0 Å². The van der Waals surface area contributed by atoms with Crippen molar-refractivity contribution in [3.63, 3.8) is 0 Å². The van der Waals surface area contributed by atoms with Gasteiger partial charge >= 0.3 is 6.61 Å². The fraction of sp³-hybridized carbons (Fsp3) is 0.286. The Morgan fingerprint density at radius 1 is 1.42 bits per heavy atom. The summed E-state index contributed by atoms with van der Waals surface area (Å²) in [6, 6.07) is 4.65. The molecule has 0 saturated heterocycles. The Morgan fingerprint density at radius 3 is 2.65 bits per heavy atom. The molecule has 142 valence electrons. The van der Waals surface area contributed by atoms with Gasteiger partial charge in [0.05, 0.1) is 11.3 Å². The van der Waals surface area contributed by atoms with Crippen molar-refractivity contribution in [1.82, 2.24) is 20.6 Å². The minimum Gasteiger partial charge on any atom is -0.470 e. The van der Waals surface area contributed by atoms with Crippen LogP contribution in [0, 0.1) is 6.92 Å². The third-order valence-electron chi connectivity index (χ3n) is 2.89. The quantitative estimate of drug-likeness (QED) is 0.271. The van der Waals surface area contributed by atoms with Gasteiger partial charge in [0.15, 0.2) is 0 Å². The topological polar surface area (TPSA) is 142 Å². The number of halogens is 2. The summed E-state index contributed by atoms with van der Waals surface area (Å²) < 4.78 is 35.0. The lowest BCUT2D eigenvalue weighted by molar-refractivity contribution is -0.109. The second kappa shape index (κ2) is 10.7. The summed E-state index contributed by atoms with van der Waals surface area (Å²) in [4.78, 5) is 12.9. The van der Waals surface area contributed by atoms with Crippen LogP contribution < -0.4 is 31.6 Å². The Balaban J connectivity index is 0.000000765. The number of benzene rings is 1. The molecule has 0 bridgehead atoms. The molecule has 2 rings (SSSR count). The van der Waals surface area contributed by atoms with Gasteiger partial charge in [-0.1, -0.05) is 6.07 Å². The number of ether oxygens (including phenoxy) is 2. The molecule has 0 aliphatic heterocycles. The highest BCUT2D eigenvalue weighted by molar-refractivity contribution is 5.58. The van der Waals surface area contributed by atoms with Gasteiger partial charge < -0.3 is 14.5 Å². The highest BCUT2D eigenvalue weighted by atomic mass is 19.3. The zero-order valence-corrected chi connectivity index (χ0v) is 14.1. The number of hydrazine groups is 2. The number of hydrogen-bond acceptors (Lipinski definition) is 9. The Morgan fingerprint density at radius 2 is 2.12 bits per heavy atom. The molecule has 0 spiro atoms. The first-order valence-electron chi connectivity index (χ1n) is 7.12. The molecule has 0 saturated carbocycles. The maximum Gasteiger partial charge on any atom is 0.387 e. The Bertz CT molecular complexity index is 704. The second-order valence-electron chi connectivity index (χ2n) is 4.67. The first-order chi connectivity index (χ1) is 12.4. The number of carbonyl (C=O) groups excluding carboxylic acids is 1. The standard InChI is InChI=1S/C13H15F2N5O2.CH4N2O/c1-8-12(19-18-7-17-8)21-6-9-10(20(2)16)4-3-5-11(9)22-13(14)15;2-3-1-4/h3-5,7,13H,6,16H2,1-2H3;1H,2H2,(H,3,4). The summed E-state index contributed by atoms with van der Waals surface area (Å²) in [6.07, 6.45) is 1.69. The van der Waals surface area contributed by atoms with Gasteiger partial charge in [0.1, 0.15) is 24.4 Å². The van der Waals surface area contributed by atoms with E-state index in [1.807, 2.05) is 0 Å². The maximum absolute atomic E-state index is 12.5. The Kier molecular flexibility index (Phi) is 8.60. The van der Waals surface area contributed by atoms with E-state index >= 15 is 0 Å². The van der Waals surface area contributed by atoms with E-state index < -0.39 is 6.61 Å². The van der Waals surface area contributed by atoms with Crippen LogP contribution in [0.2, 0.25) is 0 Å². The van der Waals surface area contributed by atoms with Gasteiger partial charge in [0.2, 0.25) is 6.41 Å². The van der Waals surface area contributed by atoms with Gasteiger partial charge in [-0.3, -0.25) is 10.2 Å². The van der Waals surface area contributed by atoms with E-state index in [1.165, 1.54) is 17.4 Å². The molecule has 1 amide bonds. The number of amides is 1. The lowest BCUT2D eigenvalue weighted by Gasteiger charge is -2.20. The molecule has 2 aromatic rings. The number of nitrogens with two attached hydrogens (primary N) is 2. The average Bonchev–Trinajstić information content (AvgIpc) is 2.61. The van der Waals surface area contributed by atoms with Crippen LogP contribution >= 0.6 is 0 Å². The fourth-order valence-corrected chi connectivity index (χ4v) is 1.83. The molecular formula is C14H19F2N7O3. The summed E-state index contributed by atoms with van der Waals surface area (Å²) in [5.74, 6) is 10.3. The van der Waals surface area contributed by atoms with Crippen LogP contribution in [-0.2, 0) is 11.4 Å². The number of hydrogen-bond donors (Lipinski definition) is 3.